The molecule has 0 amide bonds. The Morgan fingerprint density at radius 3 is 2.36 bits per heavy atom. The van der Waals surface area contributed by atoms with Crippen LogP contribution in [0.2, 0.25) is 0 Å². The van der Waals surface area contributed by atoms with E-state index in [1.807, 2.05) is 12.4 Å². The van der Waals surface area contributed by atoms with Crippen LogP contribution in [0.15, 0.2) is 12.4 Å². The summed E-state index contributed by atoms with van der Waals surface area (Å²) in [6, 6.07) is 0.339. The van der Waals surface area contributed by atoms with Crippen LogP contribution in [0.4, 0.5) is 5.95 Å². The van der Waals surface area contributed by atoms with E-state index in [0.29, 0.717) is 12.0 Å². The summed E-state index contributed by atoms with van der Waals surface area (Å²) >= 11 is 0. The third-order valence-corrected chi connectivity index (χ3v) is 6.33. The average Bonchev–Trinajstić information content (AvgIpc) is 3.14. The van der Waals surface area contributed by atoms with Gasteiger partial charge in [0.1, 0.15) is 0 Å². The molecule has 8 heteroatoms. The maximum atomic E-state index is 6.11. The standard InChI is InChI=1S/C20H36BN5O2/c1-15(2)26(14-16-7-9-25(13-16)10-8-22)18-23-11-17(12-24-18)21-27-19(3,4)20(5,6)28-21/h11-12,15-16H,7-10,13-14,22H2,1-6H3. The minimum atomic E-state index is -0.425. The Morgan fingerprint density at radius 2 is 1.82 bits per heavy atom. The number of nitrogens with zero attached hydrogens (tertiary/aromatic N) is 4. The molecule has 1 atom stereocenters. The van der Waals surface area contributed by atoms with Gasteiger partial charge in [-0.3, -0.25) is 0 Å². The smallest absolute Gasteiger partial charge is 0.399 e. The monoisotopic (exact) mass is 389 g/mol. The second-order valence-corrected chi connectivity index (χ2v) is 9.39. The van der Waals surface area contributed by atoms with Crippen molar-refractivity contribution in [3.05, 3.63) is 12.4 Å². The number of hydrogen-bond donors (Lipinski definition) is 1. The van der Waals surface area contributed by atoms with Gasteiger partial charge in [0.25, 0.3) is 0 Å². The van der Waals surface area contributed by atoms with Gasteiger partial charge in [-0.05, 0) is 60.4 Å². The van der Waals surface area contributed by atoms with Crippen LogP contribution in [0.25, 0.3) is 0 Å². The summed E-state index contributed by atoms with van der Waals surface area (Å²) < 4.78 is 12.2. The van der Waals surface area contributed by atoms with Gasteiger partial charge in [-0.2, -0.15) is 0 Å². The lowest BCUT2D eigenvalue weighted by molar-refractivity contribution is 0.00578. The van der Waals surface area contributed by atoms with Crippen LogP contribution in [-0.2, 0) is 9.31 Å². The number of anilines is 1. The van der Waals surface area contributed by atoms with Crippen molar-refractivity contribution in [3.63, 3.8) is 0 Å². The molecule has 7 nitrogen and oxygen atoms in total. The van der Waals surface area contributed by atoms with Crippen molar-refractivity contribution in [2.24, 2.45) is 11.7 Å². The zero-order chi connectivity index (χ0) is 20.5. The van der Waals surface area contributed by atoms with Crippen molar-refractivity contribution < 1.29 is 9.31 Å². The average molecular weight is 389 g/mol. The molecule has 0 bridgehead atoms. The molecule has 1 aromatic rings. The highest BCUT2D eigenvalue weighted by atomic mass is 16.7. The van der Waals surface area contributed by atoms with Crippen molar-refractivity contribution >= 4 is 18.5 Å². The van der Waals surface area contributed by atoms with Crippen LogP contribution >= 0.6 is 0 Å². The van der Waals surface area contributed by atoms with E-state index in [-0.39, 0.29) is 11.2 Å². The molecule has 3 rings (SSSR count). The summed E-state index contributed by atoms with van der Waals surface area (Å²) in [5, 5.41) is 0. The van der Waals surface area contributed by atoms with E-state index in [0.717, 1.165) is 44.1 Å². The minimum Gasteiger partial charge on any atom is -0.399 e. The van der Waals surface area contributed by atoms with Crippen molar-refractivity contribution in [3.8, 4) is 0 Å². The first-order chi connectivity index (χ1) is 13.1. The van der Waals surface area contributed by atoms with Crippen molar-refractivity contribution in [1.29, 1.82) is 0 Å². The fourth-order valence-electron chi connectivity index (χ4n) is 3.83. The maximum Gasteiger partial charge on any atom is 0.498 e. The molecule has 156 valence electrons. The molecule has 0 radical (unpaired) electrons. The molecular formula is C20H36BN5O2. The Hall–Kier alpha value is -1.22. The topological polar surface area (TPSA) is 76.7 Å². The van der Waals surface area contributed by atoms with Crippen LogP contribution in [0.3, 0.4) is 0 Å². The summed E-state index contributed by atoms with van der Waals surface area (Å²) in [4.78, 5) is 14.1. The SMILES string of the molecule is CC(C)N(CC1CCN(CCN)C1)c1ncc(B2OC(C)(C)C(C)(C)O2)cn1. The van der Waals surface area contributed by atoms with E-state index in [1.165, 1.54) is 6.42 Å². The van der Waals surface area contributed by atoms with E-state index in [4.69, 9.17) is 15.0 Å². The zero-order valence-corrected chi connectivity index (χ0v) is 18.3. The summed E-state index contributed by atoms with van der Waals surface area (Å²) in [5.41, 5.74) is 5.84. The van der Waals surface area contributed by atoms with E-state index in [9.17, 15) is 0 Å². The molecule has 2 aliphatic heterocycles. The molecule has 28 heavy (non-hydrogen) atoms. The second-order valence-electron chi connectivity index (χ2n) is 9.39. The number of aromatic nitrogens is 2. The highest BCUT2D eigenvalue weighted by Gasteiger charge is 2.52. The number of likely N-dealkylation sites (tertiary alicyclic amines) is 1. The molecule has 0 saturated carbocycles. The van der Waals surface area contributed by atoms with Crippen LogP contribution in [0.5, 0.6) is 0 Å². The van der Waals surface area contributed by atoms with Crippen molar-refractivity contribution in [1.82, 2.24) is 14.9 Å². The fraction of sp³-hybridized carbons (Fsp3) is 0.800. The van der Waals surface area contributed by atoms with Gasteiger partial charge in [0.15, 0.2) is 0 Å². The molecular weight excluding hydrogens is 353 g/mol. The Labute approximate surface area is 170 Å². The lowest BCUT2D eigenvalue weighted by atomic mass is 9.81. The molecule has 2 fully saturated rings. The van der Waals surface area contributed by atoms with Gasteiger partial charge in [-0.25, -0.2) is 9.97 Å². The third kappa shape index (κ3) is 4.51. The van der Waals surface area contributed by atoms with E-state index in [1.54, 1.807) is 0 Å². The van der Waals surface area contributed by atoms with Gasteiger partial charge in [0, 0.05) is 50.1 Å². The van der Waals surface area contributed by atoms with Gasteiger partial charge in [0.05, 0.1) is 11.2 Å². The third-order valence-electron chi connectivity index (χ3n) is 6.33. The molecule has 0 spiro atoms. The Morgan fingerprint density at radius 1 is 1.21 bits per heavy atom. The molecule has 2 N–H and O–H groups in total. The normalized spacial score (nSPS) is 24.3. The molecule has 0 aromatic carbocycles. The Balaban J connectivity index is 1.67. The zero-order valence-electron chi connectivity index (χ0n) is 18.3. The molecule has 1 aromatic heterocycles. The largest absolute Gasteiger partial charge is 0.498 e. The summed E-state index contributed by atoms with van der Waals surface area (Å²) in [7, 11) is -0.425. The van der Waals surface area contributed by atoms with Crippen molar-refractivity contribution in [2.75, 3.05) is 37.6 Å². The quantitative estimate of drug-likeness (QED) is 0.704. The van der Waals surface area contributed by atoms with E-state index >= 15 is 0 Å². The first kappa shape index (κ1) is 21.5. The highest BCUT2D eigenvalue weighted by molar-refractivity contribution is 6.61. The van der Waals surface area contributed by atoms with E-state index in [2.05, 4.69) is 61.3 Å². The number of hydrogen-bond acceptors (Lipinski definition) is 7. The van der Waals surface area contributed by atoms with Gasteiger partial charge >= 0.3 is 7.12 Å². The first-order valence-corrected chi connectivity index (χ1v) is 10.5. The first-order valence-electron chi connectivity index (χ1n) is 10.5. The molecule has 2 saturated heterocycles. The highest BCUT2D eigenvalue weighted by Crippen LogP contribution is 2.36. The summed E-state index contributed by atoms with van der Waals surface area (Å²) in [5.74, 6) is 1.40. The van der Waals surface area contributed by atoms with Crippen LogP contribution in [-0.4, -0.2) is 72.0 Å². The van der Waals surface area contributed by atoms with Gasteiger partial charge in [-0.15, -0.1) is 0 Å². The molecule has 0 aliphatic carbocycles. The molecule has 1 unspecified atom stereocenters. The number of nitrogens with two attached hydrogens (primary N) is 1. The van der Waals surface area contributed by atoms with Gasteiger partial charge in [0.2, 0.25) is 5.95 Å². The summed E-state index contributed by atoms with van der Waals surface area (Å²) in [6.07, 6.45) is 4.89. The second kappa shape index (κ2) is 8.26. The van der Waals surface area contributed by atoms with Crippen LogP contribution < -0.4 is 16.1 Å². The van der Waals surface area contributed by atoms with Crippen LogP contribution in [0, 0.1) is 5.92 Å². The Kier molecular flexibility index (Phi) is 6.34. The lowest BCUT2D eigenvalue weighted by Crippen LogP contribution is -2.41. The molecule has 2 aliphatic rings. The lowest BCUT2D eigenvalue weighted by Gasteiger charge is -2.32. The summed E-state index contributed by atoms with van der Waals surface area (Å²) in [6.45, 7) is 17.5. The maximum absolute atomic E-state index is 6.11. The van der Waals surface area contributed by atoms with Crippen LogP contribution in [0.1, 0.15) is 48.0 Å². The fourth-order valence-corrected chi connectivity index (χ4v) is 3.83. The van der Waals surface area contributed by atoms with E-state index < -0.39 is 7.12 Å². The predicted molar refractivity (Wildman–Crippen MR) is 114 cm³/mol. The molecule has 3 heterocycles. The minimum absolute atomic E-state index is 0.339. The predicted octanol–water partition coefficient (Wildman–Crippen LogP) is 1.27. The Bertz CT molecular complexity index is 637. The van der Waals surface area contributed by atoms with Gasteiger partial charge in [-0.1, -0.05) is 0 Å². The van der Waals surface area contributed by atoms with Crippen molar-refractivity contribution in [2.45, 2.75) is 65.2 Å². The van der Waals surface area contributed by atoms with Gasteiger partial charge < -0.3 is 24.8 Å². The number of rotatable bonds is 7.